The number of hydrogen-bond donors (Lipinski definition) is 2. The third kappa shape index (κ3) is 4.22. The monoisotopic (exact) mass is 276 g/mol. The van der Waals surface area contributed by atoms with Crippen molar-refractivity contribution in [2.24, 2.45) is 5.92 Å². The Kier molecular flexibility index (Phi) is 5.86. The van der Waals surface area contributed by atoms with Gasteiger partial charge in [0.1, 0.15) is 5.75 Å². The fourth-order valence-electron chi connectivity index (χ4n) is 3.12. The molecule has 0 radical (unpaired) electrons. The largest absolute Gasteiger partial charge is 0.508 e. The second kappa shape index (κ2) is 7.65. The summed E-state index contributed by atoms with van der Waals surface area (Å²) in [5.74, 6) is 1.11. The van der Waals surface area contributed by atoms with Gasteiger partial charge in [0.2, 0.25) is 0 Å². The van der Waals surface area contributed by atoms with Gasteiger partial charge in [0.25, 0.3) is 0 Å². The number of rotatable bonds is 6. The number of piperidine rings is 1. The fourth-order valence-corrected chi connectivity index (χ4v) is 3.12. The van der Waals surface area contributed by atoms with Gasteiger partial charge in [-0.15, -0.1) is 0 Å². The minimum atomic E-state index is 0.350. The molecule has 0 saturated carbocycles. The summed E-state index contributed by atoms with van der Waals surface area (Å²) >= 11 is 0. The van der Waals surface area contributed by atoms with Gasteiger partial charge in [0.15, 0.2) is 0 Å². The highest BCUT2D eigenvalue weighted by Gasteiger charge is 2.27. The third-order valence-electron chi connectivity index (χ3n) is 4.34. The lowest BCUT2D eigenvalue weighted by Gasteiger charge is -2.39. The fraction of sp³-hybridized carbons (Fsp3) is 0.647. The van der Waals surface area contributed by atoms with Crippen molar-refractivity contribution < 1.29 is 5.11 Å². The summed E-state index contributed by atoms with van der Waals surface area (Å²) < 4.78 is 0. The highest BCUT2D eigenvalue weighted by Crippen LogP contribution is 2.22. The molecule has 0 amide bonds. The molecular formula is C17H28N2O. The minimum Gasteiger partial charge on any atom is -0.508 e. The lowest BCUT2D eigenvalue weighted by atomic mass is 9.89. The van der Waals surface area contributed by atoms with Gasteiger partial charge >= 0.3 is 0 Å². The molecule has 2 N–H and O–H groups in total. The van der Waals surface area contributed by atoms with Crippen molar-refractivity contribution in [3.8, 4) is 5.75 Å². The number of aromatic hydroxyl groups is 1. The topological polar surface area (TPSA) is 35.5 Å². The Bertz CT molecular complexity index is 390. The van der Waals surface area contributed by atoms with E-state index in [9.17, 15) is 5.11 Å². The molecule has 1 fully saturated rings. The number of phenolic OH excluding ortho intramolecular Hbond substituents is 1. The van der Waals surface area contributed by atoms with Crippen LogP contribution in [0.4, 0.5) is 0 Å². The first kappa shape index (κ1) is 15.3. The standard InChI is InChI=1S/C17H28N2O/c1-3-10-18-17-9-11-19(13-15(17)4-2)12-14-5-7-16(20)8-6-14/h5-8,15,17-18,20H,3-4,9-13H2,1-2H3. The van der Waals surface area contributed by atoms with E-state index in [0.29, 0.717) is 11.8 Å². The molecule has 2 unspecified atom stereocenters. The molecule has 1 saturated heterocycles. The quantitative estimate of drug-likeness (QED) is 0.838. The molecule has 2 rings (SSSR count). The van der Waals surface area contributed by atoms with Crippen molar-refractivity contribution in [1.82, 2.24) is 10.2 Å². The van der Waals surface area contributed by atoms with Crippen LogP contribution in [-0.4, -0.2) is 35.7 Å². The second-order valence-electron chi connectivity index (χ2n) is 5.92. The van der Waals surface area contributed by atoms with Crippen LogP contribution in [-0.2, 0) is 6.54 Å². The number of nitrogens with zero attached hydrogens (tertiary/aromatic N) is 1. The molecule has 1 aromatic carbocycles. The normalized spacial score (nSPS) is 23.9. The molecule has 112 valence electrons. The van der Waals surface area contributed by atoms with E-state index in [1.54, 1.807) is 12.1 Å². The average molecular weight is 276 g/mol. The molecule has 0 aromatic heterocycles. The van der Waals surface area contributed by atoms with Crippen LogP contribution in [0.15, 0.2) is 24.3 Å². The Morgan fingerprint density at radius 2 is 2.00 bits per heavy atom. The third-order valence-corrected chi connectivity index (χ3v) is 4.34. The molecule has 0 bridgehead atoms. The van der Waals surface area contributed by atoms with Gasteiger partial charge in [-0.3, -0.25) is 4.90 Å². The number of benzene rings is 1. The molecule has 20 heavy (non-hydrogen) atoms. The Labute approximate surface area is 123 Å². The van der Waals surface area contributed by atoms with Crippen LogP contribution in [0.25, 0.3) is 0 Å². The Balaban J connectivity index is 1.87. The molecule has 1 aliphatic heterocycles. The summed E-state index contributed by atoms with van der Waals surface area (Å²) in [7, 11) is 0. The lowest BCUT2D eigenvalue weighted by molar-refractivity contribution is 0.129. The van der Waals surface area contributed by atoms with Crippen molar-refractivity contribution in [2.75, 3.05) is 19.6 Å². The van der Waals surface area contributed by atoms with Crippen molar-refractivity contribution >= 4 is 0 Å². The van der Waals surface area contributed by atoms with Gasteiger partial charge < -0.3 is 10.4 Å². The van der Waals surface area contributed by atoms with Crippen molar-refractivity contribution in [3.05, 3.63) is 29.8 Å². The van der Waals surface area contributed by atoms with Gasteiger partial charge in [-0.1, -0.05) is 32.4 Å². The first-order valence-electron chi connectivity index (χ1n) is 7.96. The van der Waals surface area contributed by atoms with E-state index in [1.807, 2.05) is 12.1 Å². The maximum Gasteiger partial charge on any atom is 0.115 e. The molecule has 3 nitrogen and oxygen atoms in total. The smallest absolute Gasteiger partial charge is 0.115 e. The summed E-state index contributed by atoms with van der Waals surface area (Å²) in [6, 6.07) is 8.30. The first-order valence-corrected chi connectivity index (χ1v) is 7.96. The van der Waals surface area contributed by atoms with Crippen molar-refractivity contribution in [1.29, 1.82) is 0 Å². The predicted octanol–water partition coefficient (Wildman–Crippen LogP) is 2.99. The number of likely N-dealkylation sites (tertiary alicyclic amines) is 1. The predicted molar refractivity (Wildman–Crippen MR) is 83.9 cm³/mol. The molecule has 0 spiro atoms. The summed E-state index contributed by atoms with van der Waals surface area (Å²) in [5.41, 5.74) is 1.29. The molecule has 1 aliphatic rings. The Hall–Kier alpha value is -1.06. The maximum absolute atomic E-state index is 9.34. The number of phenols is 1. The van der Waals surface area contributed by atoms with Gasteiger partial charge in [-0.2, -0.15) is 0 Å². The second-order valence-corrected chi connectivity index (χ2v) is 5.92. The van der Waals surface area contributed by atoms with E-state index in [1.165, 1.54) is 37.9 Å². The highest BCUT2D eigenvalue weighted by molar-refractivity contribution is 5.25. The van der Waals surface area contributed by atoms with Crippen molar-refractivity contribution in [3.63, 3.8) is 0 Å². The van der Waals surface area contributed by atoms with Gasteiger partial charge in [0.05, 0.1) is 0 Å². The zero-order valence-electron chi connectivity index (χ0n) is 12.8. The van der Waals surface area contributed by atoms with E-state index in [4.69, 9.17) is 0 Å². The number of nitrogens with one attached hydrogen (secondary N) is 1. The van der Waals surface area contributed by atoms with E-state index < -0.39 is 0 Å². The lowest BCUT2D eigenvalue weighted by Crippen LogP contribution is -2.49. The molecule has 0 aliphatic carbocycles. The van der Waals surface area contributed by atoms with Gasteiger partial charge in [0, 0.05) is 19.1 Å². The zero-order valence-corrected chi connectivity index (χ0v) is 12.8. The maximum atomic E-state index is 9.34. The Morgan fingerprint density at radius 3 is 2.65 bits per heavy atom. The molecule has 3 heteroatoms. The van der Waals surface area contributed by atoms with Crippen LogP contribution in [0.3, 0.4) is 0 Å². The molecule has 1 aromatic rings. The minimum absolute atomic E-state index is 0.350. The van der Waals surface area contributed by atoms with Gasteiger partial charge in [-0.05, 0) is 49.5 Å². The first-order chi connectivity index (χ1) is 9.72. The van der Waals surface area contributed by atoms with E-state index in [-0.39, 0.29) is 0 Å². The van der Waals surface area contributed by atoms with Crippen LogP contribution >= 0.6 is 0 Å². The summed E-state index contributed by atoms with van der Waals surface area (Å²) in [5, 5.41) is 13.0. The van der Waals surface area contributed by atoms with Crippen LogP contribution in [0.1, 0.15) is 38.7 Å². The highest BCUT2D eigenvalue weighted by atomic mass is 16.3. The van der Waals surface area contributed by atoms with Crippen LogP contribution in [0, 0.1) is 5.92 Å². The Morgan fingerprint density at radius 1 is 1.25 bits per heavy atom. The van der Waals surface area contributed by atoms with E-state index in [0.717, 1.165) is 19.0 Å². The van der Waals surface area contributed by atoms with Crippen LogP contribution in [0.2, 0.25) is 0 Å². The van der Waals surface area contributed by atoms with E-state index >= 15 is 0 Å². The molecular weight excluding hydrogens is 248 g/mol. The van der Waals surface area contributed by atoms with Gasteiger partial charge in [-0.25, -0.2) is 0 Å². The molecule has 1 heterocycles. The summed E-state index contributed by atoms with van der Waals surface area (Å²) in [4.78, 5) is 2.55. The average Bonchev–Trinajstić information content (AvgIpc) is 2.48. The summed E-state index contributed by atoms with van der Waals surface area (Å²) in [6.07, 6.45) is 3.70. The van der Waals surface area contributed by atoms with Crippen LogP contribution < -0.4 is 5.32 Å². The zero-order chi connectivity index (χ0) is 14.4. The SMILES string of the molecule is CCCNC1CCN(Cc2ccc(O)cc2)CC1CC. The van der Waals surface area contributed by atoms with Crippen LogP contribution in [0.5, 0.6) is 5.75 Å². The van der Waals surface area contributed by atoms with Crippen molar-refractivity contribution in [2.45, 2.75) is 45.7 Å². The number of hydrogen-bond acceptors (Lipinski definition) is 3. The molecule has 2 atom stereocenters. The van der Waals surface area contributed by atoms with E-state index in [2.05, 4.69) is 24.1 Å². The summed E-state index contributed by atoms with van der Waals surface area (Å²) in [6.45, 7) is 9.01.